The van der Waals surface area contributed by atoms with Gasteiger partial charge in [-0.25, -0.2) is 4.79 Å². The summed E-state index contributed by atoms with van der Waals surface area (Å²) in [5.74, 6) is -0.140. The Morgan fingerprint density at radius 3 is 2.70 bits per heavy atom. The van der Waals surface area contributed by atoms with Gasteiger partial charge in [-0.1, -0.05) is 6.92 Å². The standard InChI is InChI=1S/C18H28N2O3/c1-5-16-12-19(8-9-20(16)13(2)3)11-15-10-14(18(21)22)6-7-17(15)23-4/h6-7,10,13,16H,5,8-9,11-12H2,1-4H3,(H,21,22). The molecule has 5 nitrogen and oxygen atoms in total. The monoisotopic (exact) mass is 320 g/mol. The highest BCUT2D eigenvalue weighted by atomic mass is 16.5. The average Bonchev–Trinajstić information content (AvgIpc) is 2.54. The molecule has 0 amide bonds. The summed E-state index contributed by atoms with van der Waals surface area (Å²) in [5.41, 5.74) is 1.26. The molecule has 23 heavy (non-hydrogen) atoms. The number of methoxy groups -OCH3 is 1. The van der Waals surface area contributed by atoms with Gasteiger partial charge in [-0.3, -0.25) is 9.80 Å². The van der Waals surface area contributed by atoms with Crippen molar-refractivity contribution in [2.75, 3.05) is 26.7 Å². The molecular weight excluding hydrogens is 292 g/mol. The number of ether oxygens (including phenoxy) is 1. The summed E-state index contributed by atoms with van der Waals surface area (Å²) in [6.45, 7) is 10.5. The summed E-state index contributed by atoms with van der Waals surface area (Å²) >= 11 is 0. The Balaban J connectivity index is 2.13. The molecule has 1 aliphatic heterocycles. The second kappa shape index (κ2) is 7.79. The highest BCUT2D eigenvalue weighted by molar-refractivity contribution is 5.88. The number of rotatable bonds is 6. The van der Waals surface area contributed by atoms with Gasteiger partial charge in [0.05, 0.1) is 12.7 Å². The van der Waals surface area contributed by atoms with Crippen molar-refractivity contribution in [1.29, 1.82) is 0 Å². The van der Waals surface area contributed by atoms with Crippen molar-refractivity contribution in [2.24, 2.45) is 0 Å². The Labute approximate surface area is 138 Å². The van der Waals surface area contributed by atoms with Gasteiger partial charge in [-0.2, -0.15) is 0 Å². The third-order valence-electron chi connectivity index (χ3n) is 4.67. The number of carboxylic acids is 1. The number of hydrogen-bond donors (Lipinski definition) is 1. The zero-order chi connectivity index (χ0) is 17.0. The molecule has 0 spiro atoms. The molecule has 2 rings (SSSR count). The van der Waals surface area contributed by atoms with E-state index in [2.05, 4.69) is 30.6 Å². The molecule has 0 bridgehead atoms. The molecule has 1 heterocycles. The molecule has 1 N–H and O–H groups in total. The zero-order valence-corrected chi connectivity index (χ0v) is 14.6. The van der Waals surface area contributed by atoms with Crippen molar-refractivity contribution < 1.29 is 14.6 Å². The Morgan fingerprint density at radius 2 is 2.13 bits per heavy atom. The summed E-state index contributed by atoms with van der Waals surface area (Å²) in [7, 11) is 1.63. The number of aromatic carboxylic acids is 1. The van der Waals surface area contributed by atoms with Gasteiger partial charge < -0.3 is 9.84 Å². The van der Waals surface area contributed by atoms with Gasteiger partial charge in [0, 0.05) is 43.8 Å². The van der Waals surface area contributed by atoms with E-state index in [1.54, 1.807) is 25.3 Å². The van der Waals surface area contributed by atoms with Crippen molar-refractivity contribution in [3.05, 3.63) is 29.3 Å². The van der Waals surface area contributed by atoms with Crippen LogP contribution in [0.5, 0.6) is 5.75 Å². The van der Waals surface area contributed by atoms with Crippen LogP contribution in [0.3, 0.4) is 0 Å². The number of hydrogen-bond acceptors (Lipinski definition) is 4. The van der Waals surface area contributed by atoms with Gasteiger partial charge in [0.25, 0.3) is 0 Å². The lowest BCUT2D eigenvalue weighted by Gasteiger charge is -2.43. The van der Waals surface area contributed by atoms with Crippen LogP contribution in [-0.2, 0) is 6.54 Å². The first-order valence-electron chi connectivity index (χ1n) is 8.34. The number of carboxylic acid groups (broad SMARTS) is 1. The smallest absolute Gasteiger partial charge is 0.335 e. The molecule has 128 valence electrons. The molecule has 0 aliphatic carbocycles. The Bertz CT molecular complexity index is 545. The lowest BCUT2D eigenvalue weighted by molar-refractivity contribution is 0.0453. The second-order valence-electron chi connectivity index (χ2n) is 6.46. The van der Waals surface area contributed by atoms with Crippen molar-refractivity contribution in [2.45, 2.75) is 45.8 Å². The average molecular weight is 320 g/mol. The summed E-state index contributed by atoms with van der Waals surface area (Å²) in [4.78, 5) is 16.2. The van der Waals surface area contributed by atoms with Crippen LogP contribution in [0.1, 0.15) is 43.1 Å². The van der Waals surface area contributed by atoms with Crippen molar-refractivity contribution in [3.8, 4) is 5.75 Å². The zero-order valence-electron chi connectivity index (χ0n) is 14.6. The summed E-state index contributed by atoms with van der Waals surface area (Å²) in [5, 5.41) is 9.19. The highest BCUT2D eigenvalue weighted by Gasteiger charge is 2.27. The van der Waals surface area contributed by atoms with E-state index in [9.17, 15) is 9.90 Å². The molecule has 1 aromatic carbocycles. The minimum absolute atomic E-state index is 0.314. The quantitative estimate of drug-likeness (QED) is 0.873. The highest BCUT2D eigenvalue weighted by Crippen LogP contribution is 2.24. The largest absolute Gasteiger partial charge is 0.496 e. The van der Waals surface area contributed by atoms with E-state index >= 15 is 0 Å². The lowest BCUT2D eigenvalue weighted by Crippen LogP contribution is -2.54. The predicted molar refractivity (Wildman–Crippen MR) is 91.2 cm³/mol. The maximum absolute atomic E-state index is 11.2. The summed E-state index contributed by atoms with van der Waals surface area (Å²) in [6, 6.07) is 6.19. The van der Waals surface area contributed by atoms with Crippen molar-refractivity contribution in [3.63, 3.8) is 0 Å². The van der Waals surface area contributed by atoms with E-state index in [-0.39, 0.29) is 0 Å². The molecule has 1 unspecified atom stereocenters. The number of benzene rings is 1. The number of carbonyl (C=O) groups is 1. The molecule has 1 saturated heterocycles. The van der Waals surface area contributed by atoms with Crippen LogP contribution >= 0.6 is 0 Å². The maximum atomic E-state index is 11.2. The SMILES string of the molecule is CCC1CN(Cc2cc(C(=O)O)ccc2OC)CCN1C(C)C. The van der Waals surface area contributed by atoms with E-state index in [4.69, 9.17) is 4.74 Å². The van der Waals surface area contributed by atoms with Gasteiger partial charge in [-0.15, -0.1) is 0 Å². The fourth-order valence-electron chi connectivity index (χ4n) is 3.40. The number of nitrogens with zero attached hydrogens (tertiary/aromatic N) is 2. The van der Waals surface area contributed by atoms with Crippen LogP contribution in [0.2, 0.25) is 0 Å². The van der Waals surface area contributed by atoms with Gasteiger partial charge >= 0.3 is 5.97 Å². The molecular formula is C18H28N2O3. The van der Waals surface area contributed by atoms with E-state index in [1.807, 2.05) is 0 Å². The normalized spacial score (nSPS) is 20.0. The third-order valence-corrected chi connectivity index (χ3v) is 4.67. The molecule has 1 fully saturated rings. The molecule has 0 saturated carbocycles. The predicted octanol–water partition coefficient (Wildman–Crippen LogP) is 2.70. The van der Waals surface area contributed by atoms with Crippen LogP contribution in [0, 0.1) is 0 Å². The van der Waals surface area contributed by atoms with Gasteiger partial charge in [0.2, 0.25) is 0 Å². The molecule has 1 aromatic rings. The molecule has 1 aliphatic rings. The first-order valence-corrected chi connectivity index (χ1v) is 8.34. The first-order chi connectivity index (χ1) is 11.0. The Morgan fingerprint density at radius 1 is 1.39 bits per heavy atom. The van der Waals surface area contributed by atoms with Crippen LogP contribution < -0.4 is 4.74 Å². The fourth-order valence-corrected chi connectivity index (χ4v) is 3.40. The van der Waals surface area contributed by atoms with Crippen LogP contribution in [0.15, 0.2) is 18.2 Å². The van der Waals surface area contributed by atoms with Gasteiger partial charge in [-0.05, 0) is 38.5 Å². The van der Waals surface area contributed by atoms with Gasteiger partial charge in [0.15, 0.2) is 0 Å². The third kappa shape index (κ3) is 4.24. The second-order valence-corrected chi connectivity index (χ2v) is 6.46. The minimum atomic E-state index is -0.898. The van der Waals surface area contributed by atoms with Crippen LogP contribution in [0.4, 0.5) is 0 Å². The Kier molecular flexibility index (Phi) is 6.02. The van der Waals surface area contributed by atoms with Crippen LogP contribution in [-0.4, -0.2) is 59.7 Å². The summed E-state index contributed by atoms with van der Waals surface area (Å²) < 4.78 is 5.40. The lowest BCUT2D eigenvalue weighted by atomic mass is 10.0. The topological polar surface area (TPSA) is 53.0 Å². The van der Waals surface area contributed by atoms with Gasteiger partial charge in [0.1, 0.15) is 5.75 Å². The Hall–Kier alpha value is -1.59. The van der Waals surface area contributed by atoms with E-state index in [0.717, 1.165) is 43.9 Å². The molecule has 0 radical (unpaired) electrons. The first kappa shape index (κ1) is 17.8. The minimum Gasteiger partial charge on any atom is -0.496 e. The van der Waals surface area contributed by atoms with Crippen LogP contribution in [0.25, 0.3) is 0 Å². The molecule has 1 atom stereocenters. The maximum Gasteiger partial charge on any atom is 0.335 e. The van der Waals surface area contributed by atoms with E-state index < -0.39 is 5.97 Å². The molecule has 5 heteroatoms. The van der Waals surface area contributed by atoms with E-state index in [1.165, 1.54) is 0 Å². The van der Waals surface area contributed by atoms with Crippen molar-refractivity contribution >= 4 is 5.97 Å². The fraction of sp³-hybridized carbons (Fsp3) is 0.611. The summed E-state index contributed by atoms with van der Waals surface area (Å²) in [6.07, 6.45) is 1.13. The van der Waals surface area contributed by atoms with E-state index in [0.29, 0.717) is 17.6 Å². The van der Waals surface area contributed by atoms with Crippen molar-refractivity contribution in [1.82, 2.24) is 9.80 Å². The molecule has 0 aromatic heterocycles. The number of piperazine rings is 1.